The number of hydrogen-bond acceptors (Lipinski definition) is 3. The van der Waals surface area contributed by atoms with Gasteiger partial charge in [0.15, 0.2) is 5.69 Å². The number of para-hydroxylation sites is 1. The zero-order valence-electron chi connectivity index (χ0n) is 10.3. The van der Waals surface area contributed by atoms with Crippen LogP contribution in [-0.4, -0.2) is 24.2 Å². The van der Waals surface area contributed by atoms with Gasteiger partial charge in [0.05, 0.1) is 10.9 Å². The molecule has 0 bridgehead atoms. The zero-order chi connectivity index (χ0) is 13.4. The van der Waals surface area contributed by atoms with Crippen LogP contribution in [0.1, 0.15) is 21.6 Å². The Kier molecular flexibility index (Phi) is 2.83. The van der Waals surface area contributed by atoms with Crippen LogP contribution in [0.2, 0.25) is 0 Å². The van der Waals surface area contributed by atoms with Gasteiger partial charge in [-0.25, -0.2) is 4.79 Å². The van der Waals surface area contributed by atoms with Crippen molar-refractivity contribution in [2.45, 2.75) is 12.8 Å². The van der Waals surface area contributed by atoms with E-state index in [1.54, 1.807) is 24.3 Å². The van der Waals surface area contributed by atoms with Gasteiger partial charge in [0.25, 0.3) is 0 Å². The Labute approximate surface area is 110 Å². The maximum Gasteiger partial charge on any atom is 0.337 e. The highest BCUT2D eigenvalue weighted by atomic mass is 16.5. The zero-order valence-corrected chi connectivity index (χ0v) is 10.3. The fourth-order valence-corrected chi connectivity index (χ4v) is 2.75. The number of nitrogens with zero attached hydrogens (tertiary/aromatic N) is 1. The molecule has 5 nitrogen and oxygen atoms in total. The van der Waals surface area contributed by atoms with Crippen molar-refractivity contribution in [3.05, 3.63) is 46.3 Å². The van der Waals surface area contributed by atoms with Gasteiger partial charge in [-0.2, -0.15) is 4.73 Å². The fraction of sp³-hybridized carbons (Fsp3) is 0.286. The van der Waals surface area contributed by atoms with Crippen LogP contribution in [0.15, 0.2) is 24.3 Å². The van der Waals surface area contributed by atoms with Crippen molar-refractivity contribution < 1.29 is 14.6 Å². The third-order valence-corrected chi connectivity index (χ3v) is 3.59. The number of carboxylic acid groups (broad SMARTS) is 1. The van der Waals surface area contributed by atoms with Crippen LogP contribution < -0.4 is 10.0 Å². The van der Waals surface area contributed by atoms with Crippen molar-refractivity contribution in [2.75, 3.05) is 13.1 Å². The Balaban J connectivity index is 2.44. The molecule has 1 aliphatic rings. The highest BCUT2D eigenvalue weighted by Crippen LogP contribution is 2.24. The quantitative estimate of drug-likeness (QED) is 0.587. The van der Waals surface area contributed by atoms with Crippen molar-refractivity contribution in [3.8, 4) is 0 Å². The van der Waals surface area contributed by atoms with Gasteiger partial charge in [0.1, 0.15) is 0 Å². The van der Waals surface area contributed by atoms with Crippen molar-refractivity contribution in [1.82, 2.24) is 5.32 Å². The summed E-state index contributed by atoms with van der Waals surface area (Å²) in [7, 11) is 0. The van der Waals surface area contributed by atoms with E-state index in [1.807, 2.05) is 0 Å². The summed E-state index contributed by atoms with van der Waals surface area (Å²) in [5.41, 5.74) is 1.97. The third kappa shape index (κ3) is 1.82. The third-order valence-electron chi connectivity index (χ3n) is 3.59. The minimum atomic E-state index is -0.963. The largest absolute Gasteiger partial charge is 0.618 e. The normalized spacial score (nSPS) is 14.9. The van der Waals surface area contributed by atoms with Gasteiger partial charge in [-0.1, -0.05) is 12.1 Å². The Morgan fingerprint density at radius 1 is 1.26 bits per heavy atom. The standard InChI is InChI=1S/C14H14N2O3/c17-14(18)13-9-3-1-2-4-11(9)16(19)12-6-8-15-7-5-10(12)13/h1-4,15H,5-8H2,(H,17,18). The average Bonchev–Trinajstić information content (AvgIpc) is 2.64. The monoisotopic (exact) mass is 258 g/mol. The molecule has 0 aliphatic carbocycles. The van der Waals surface area contributed by atoms with Gasteiger partial charge < -0.3 is 15.6 Å². The predicted octanol–water partition coefficient (Wildman–Crippen LogP) is 0.860. The second-order valence-electron chi connectivity index (χ2n) is 4.67. The fourth-order valence-electron chi connectivity index (χ4n) is 2.75. The summed E-state index contributed by atoms with van der Waals surface area (Å²) in [6.45, 7) is 1.40. The highest BCUT2D eigenvalue weighted by Gasteiger charge is 2.27. The number of hydrogen-bond donors (Lipinski definition) is 2. The van der Waals surface area contributed by atoms with Gasteiger partial charge in [-0.3, -0.25) is 0 Å². The Hall–Kier alpha value is -2.14. The van der Waals surface area contributed by atoms with E-state index in [1.165, 1.54) is 0 Å². The van der Waals surface area contributed by atoms with E-state index in [0.29, 0.717) is 48.1 Å². The number of fused-ring (bicyclic) bond motifs is 2. The lowest BCUT2D eigenvalue weighted by atomic mass is 9.97. The molecule has 5 heteroatoms. The molecule has 0 radical (unpaired) electrons. The van der Waals surface area contributed by atoms with E-state index in [0.717, 1.165) is 4.73 Å². The van der Waals surface area contributed by atoms with Gasteiger partial charge in [-0.15, -0.1) is 0 Å². The molecule has 98 valence electrons. The number of carbonyl (C=O) groups is 1. The Morgan fingerprint density at radius 3 is 2.79 bits per heavy atom. The predicted molar refractivity (Wildman–Crippen MR) is 70.1 cm³/mol. The summed E-state index contributed by atoms with van der Waals surface area (Å²) < 4.78 is 0.893. The van der Waals surface area contributed by atoms with E-state index < -0.39 is 5.97 Å². The van der Waals surface area contributed by atoms with Crippen molar-refractivity contribution in [1.29, 1.82) is 0 Å². The van der Waals surface area contributed by atoms with Crippen molar-refractivity contribution >= 4 is 16.9 Å². The lowest BCUT2D eigenvalue weighted by Gasteiger charge is -2.13. The maximum absolute atomic E-state index is 12.4. The molecule has 0 atom stereocenters. The number of benzene rings is 1. The minimum Gasteiger partial charge on any atom is -0.618 e. The van der Waals surface area contributed by atoms with Crippen molar-refractivity contribution in [3.63, 3.8) is 0 Å². The molecule has 2 N–H and O–H groups in total. The summed E-state index contributed by atoms with van der Waals surface area (Å²) in [5.74, 6) is -0.963. The van der Waals surface area contributed by atoms with Crippen molar-refractivity contribution in [2.24, 2.45) is 0 Å². The second-order valence-corrected chi connectivity index (χ2v) is 4.67. The lowest BCUT2D eigenvalue weighted by Crippen LogP contribution is -2.36. The number of rotatable bonds is 1. The summed E-state index contributed by atoms with van der Waals surface area (Å²) in [6, 6.07) is 6.89. The molecule has 0 saturated carbocycles. The molecular weight excluding hydrogens is 244 g/mol. The van der Waals surface area contributed by atoms with E-state index in [9.17, 15) is 15.1 Å². The first-order valence-corrected chi connectivity index (χ1v) is 6.30. The maximum atomic E-state index is 12.4. The molecular formula is C14H14N2O3. The molecule has 0 fully saturated rings. The molecule has 0 unspecified atom stereocenters. The number of nitrogens with one attached hydrogen (secondary N) is 1. The topological polar surface area (TPSA) is 76.3 Å². The van der Waals surface area contributed by atoms with Gasteiger partial charge in [0.2, 0.25) is 5.52 Å². The van der Waals surface area contributed by atoms with Gasteiger partial charge in [-0.05, 0) is 19.0 Å². The van der Waals surface area contributed by atoms with E-state index in [4.69, 9.17) is 0 Å². The molecule has 0 saturated heterocycles. The van der Waals surface area contributed by atoms with Crippen LogP contribution in [0.25, 0.3) is 10.9 Å². The number of aromatic carboxylic acids is 1. The highest BCUT2D eigenvalue weighted by molar-refractivity contribution is 6.03. The first kappa shape index (κ1) is 11.9. The molecule has 0 amide bonds. The van der Waals surface area contributed by atoms with E-state index in [2.05, 4.69) is 5.32 Å². The lowest BCUT2D eigenvalue weighted by molar-refractivity contribution is -0.586. The van der Waals surface area contributed by atoms with Crippen LogP contribution in [0, 0.1) is 5.21 Å². The molecule has 2 aromatic rings. The summed E-state index contributed by atoms with van der Waals surface area (Å²) in [5, 5.41) is 25.6. The van der Waals surface area contributed by atoms with Gasteiger partial charge >= 0.3 is 5.97 Å². The number of aromatic nitrogens is 1. The molecule has 0 spiro atoms. The second kappa shape index (κ2) is 4.51. The first-order valence-electron chi connectivity index (χ1n) is 6.30. The smallest absolute Gasteiger partial charge is 0.337 e. The van der Waals surface area contributed by atoms with E-state index in [-0.39, 0.29) is 5.56 Å². The Bertz CT molecular complexity index is 667. The minimum absolute atomic E-state index is 0.279. The van der Waals surface area contributed by atoms with Crippen LogP contribution in [0.3, 0.4) is 0 Å². The van der Waals surface area contributed by atoms with Crippen LogP contribution in [-0.2, 0) is 12.8 Å². The number of carboxylic acids is 1. The Morgan fingerprint density at radius 2 is 2.00 bits per heavy atom. The van der Waals surface area contributed by atoms with E-state index >= 15 is 0 Å². The van der Waals surface area contributed by atoms with Gasteiger partial charge in [0, 0.05) is 24.6 Å². The molecule has 2 heterocycles. The van der Waals surface area contributed by atoms with Crippen LogP contribution in [0.5, 0.6) is 0 Å². The van der Waals surface area contributed by atoms with Crippen LogP contribution >= 0.6 is 0 Å². The van der Waals surface area contributed by atoms with Crippen LogP contribution in [0.4, 0.5) is 0 Å². The average molecular weight is 258 g/mol. The number of pyridine rings is 1. The molecule has 1 aromatic carbocycles. The first-order chi connectivity index (χ1) is 9.20. The molecule has 3 rings (SSSR count). The summed E-state index contributed by atoms with van der Waals surface area (Å²) in [4.78, 5) is 11.6. The molecule has 1 aromatic heterocycles. The molecule has 1 aliphatic heterocycles. The molecule has 19 heavy (non-hydrogen) atoms. The SMILES string of the molecule is O=C(O)c1c2c([n+]([O-])c3ccccc13)CCNCC2. The summed E-state index contributed by atoms with van der Waals surface area (Å²) in [6.07, 6.45) is 1.13. The summed E-state index contributed by atoms with van der Waals surface area (Å²) >= 11 is 0.